The molecule has 0 fully saturated rings. The molecule has 0 bridgehead atoms. The fourth-order valence-electron chi connectivity index (χ4n) is 5.52. The lowest BCUT2D eigenvalue weighted by Crippen LogP contribution is -2.19. The highest BCUT2D eigenvalue weighted by molar-refractivity contribution is 7.26. The summed E-state index contributed by atoms with van der Waals surface area (Å²) in [4.78, 5) is 0. The van der Waals surface area contributed by atoms with E-state index in [1.807, 2.05) is 11.3 Å². The van der Waals surface area contributed by atoms with Crippen molar-refractivity contribution in [3.05, 3.63) is 126 Å². The molecular formula is C33H26N2S. The molecule has 7 aromatic rings. The van der Waals surface area contributed by atoms with E-state index < -0.39 is 0 Å². The molecule has 0 spiro atoms. The molecule has 0 saturated heterocycles. The van der Waals surface area contributed by atoms with E-state index in [-0.39, 0.29) is 6.04 Å². The van der Waals surface area contributed by atoms with Gasteiger partial charge < -0.3 is 9.88 Å². The Balaban J connectivity index is 1.47. The van der Waals surface area contributed by atoms with E-state index in [1.54, 1.807) is 0 Å². The molecule has 0 aliphatic rings. The molecule has 0 aliphatic carbocycles. The van der Waals surface area contributed by atoms with Crippen molar-refractivity contribution in [2.75, 3.05) is 0 Å². The summed E-state index contributed by atoms with van der Waals surface area (Å²) >= 11 is 1.90. The number of hydrogen-bond acceptors (Lipinski definition) is 2. The summed E-state index contributed by atoms with van der Waals surface area (Å²) in [6.07, 6.45) is 0. The molecule has 1 unspecified atom stereocenters. The van der Waals surface area contributed by atoms with E-state index in [0.29, 0.717) is 0 Å². The van der Waals surface area contributed by atoms with Crippen molar-refractivity contribution in [2.45, 2.75) is 19.5 Å². The Kier molecular flexibility index (Phi) is 5.12. The van der Waals surface area contributed by atoms with E-state index in [1.165, 1.54) is 58.8 Å². The summed E-state index contributed by atoms with van der Waals surface area (Å²) in [7, 11) is 0. The molecule has 0 amide bonds. The molecule has 2 aromatic heterocycles. The molecule has 2 nitrogen and oxygen atoms in total. The minimum atomic E-state index is 0.194. The van der Waals surface area contributed by atoms with Crippen molar-refractivity contribution in [2.24, 2.45) is 0 Å². The zero-order valence-electron chi connectivity index (χ0n) is 20.1. The predicted octanol–water partition coefficient (Wildman–Crippen LogP) is 9.00. The topological polar surface area (TPSA) is 17.0 Å². The zero-order valence-corrected chi connectivity index (χ0v) is 20.9. The Morgan fingerprint density at radius 3 is 2.25 bits per heavy atom. The van der Waals surface area contributed by atoms with Crippen LogP contribution < -0.4 is 5.32 Å². The summed E-state index contributed by atoms with van der Waals surface area (Å²) in [6, 6.07) is 41.9. The van der Waals surface area contributed by atoms with Crippen molar-refractivity contribution in [3.8, 4) is 5.69 Å². The van der Waals surface area contributed by atoms with Gasteiger partial charge in [0.1, 0.15) is 0 Å². The number of aromatic nitrogens is 1. The lowest BCUT2D eigenvalue weighted by molar-refractivity contribution is 0.573. The quantitative estimate of drug-likeness (QED) is 0.259. The number of thiophene rings is 1. The van der Waals surface area contributed by atoms with Crippen molar-refractivity contribution in [1.29, 1.82) is 0 Å². The Bertz CT molecular complexity index is 1860. The molecule has 3 heteroatoms. The number of benzene rings is 5. The summed E-state index contributed by atoms with van der Waals surface area (Å²) in [5.41, 5.74) is 6.39. The largest absolute Gasteiger partial charge is 0.307 e. The first kappa shape index (κ1) is 21.4. The standard InChI is InChI=1S/C33H26N2S/c1-22(34-21-23-11-3-2-4-12-23)24-13-5-8-16-29(24)35-30-17-9-6-14-25(30)27-19-20-28-26-15-7-10-18-31(26)36-33(28)32(27)35/h2-20,22,34H,21H2,1H3. The number of hydrogen-bond donors (Lipinski definition) is 1. The van der Waals surface area contributed by atoms with Gasteiger partial charge in [-0.05, 0) is 36.2 Å². The molecule has 2 heterocycles. The molecule has 5 aromatic carbocycles. The molecule has 1 N–H and O–H groups in total. The fraction of sp³-hybridized carbons (Fsp3) is 0.0909. The molecule has 1 atom stereocenters. The molecular weight excluding hydrogens is 456 g/mol. The molecule has 7 rings (SSSR count). The maximum Gasteiger partial charge on any atom is 0.0719 e. The molecule has 36 heavy (non-hydrogen) atoms. The van der Waals surface area contributed by atoms with Crippen LogP contribution in [0, 0.1) is 0 Å². The van der Waals surface area contributed by atoms with Gasteiger partial charge in [-0.3, -0.25) is 0 Å². The third-order valence-electron chi connectivity index (χ3n) is 7.28. The van der Waals surface area contributed by atoms with E-state index in [0.717, 1.165) is 6.54 Å². The third kappa shape index (κ3) is 3.35. The van der Waals surface area contributed by atoms with Crippen LogP contribution in [0.25, 0.3) is 47.7 Å². The van der Waals surface area contributed by atoms with Crippen molar-refractivity contribution >= 4 is 53.3 Å². The Morgan fingerprint density at radius 2 is 1.36 bits per heavy atom. The van der Waals surface area contributed by atoms with Crippen molar-refractivity contribution in [1.82, 2.24) is 9.88 Å². The van der Waals surface area contributed by atoms with Gasteiger partial charge >= 0.3 is 0 Å². The van der Waals surface area contributed by atoms with Crippen LogP contribution in [-0.2, 0) is 6.54 Å². The average molecular weight is 483 g/mol. The van der Waals surface area contributed by atoms with Gasteiger partial charge in [0.2, 0.25) is 0 Å². The molecule has 0 saturated carbocycles. The Hall–Kier alpha value is -3.92. The first-order valence-electron chi connectivity index (χ1n) is 12.5. The number of nitrogens with one attached hydrogen (secondary N) is 1. The van der Waals surface area contributed by atoms with Gasteiger partial charge in [-0.2, -0.15) is 0 Å². The summed E-state index contributed by atoms with van der Waals surface area (Å²) in [6.45, 7) is 3.11. The average Bonchev–Trinajstić information content (AvgIpc) is 3.48. The van der Waals surface area contributed by atoms with Crippen molar-refractivity contribution in [3.63, 3.8) is 0 Å². The van der Waals surface area contributed by atoms with Gasteiger partial charge in [0.15, 0.2) is 0 Å². The second-order valence-electron chi connectivity index (χ2n) is 9.44. The normalized spacial score (nSPS) is 12.7. The second-order valence-corrected chi connectivity index (χ2v) is 10.5. The van der Waals surface area contributed by atoms with Gasteiger partial charge in [-0.25, -0.2) is 0 Å². The van der Waals surface area contributed by atoms with Crippen LogP contribution in [-0.4, -0.2) is 4.57 Å². The molecule has 0 radical (unpaired) electrons. The molecule has 0 aliphatic heterocycles. The minimum absolute atomic E-state index is 0.194. The zero-order chi connectivity index (χ0) is 24.1. The SMILES string of the molecule is CC(NCc1ccccc1)c1ccccc1-n1c2ccccc2c2ccc3c4ccccc4sc3c21. The van der Waals surface area contributed by atoms with Gasteiger partial charge in [-0.15, -0.1) is 11.3 Å². The minimum Gasteiger partial charge on any atom is -0.307 e. The van der Waals surface area contributed by atoms with Crippen LogP contribution >= 0.6 is 11.3 Å². The van der Waals surface area contributed by atoms with Crippen LogP contribution in [0.1, 0.15) is 24.1 Å². The predicted molar refractivity (Wildman–Crippen MR) is 155 cm³/mol. The van der Waals surface area contributed by atoms with Crippen LogP contribution in [0.15, 0.2) is 115 Å². The smallest absolute Gasteiger partial charge is 0.0719 e. The van der Waals surface area contributed by atoms with E-state index in [4.69, 9.17) is 0 Å². The first-order chi connectivity index (χ1) is 17.8. The van der Waals surface area contributed by atoms with Crippen molar-refractivity contribution < 1.29 is 0 Å². The van der Waals surface area contributed by atoms with E-state index >= 15 is 0 Å². The first-order valence-corrected chi connectivity index (χ1v) is 13.3. The maximum atomic E-state index is 3.76. The summed E-state index contributed by atoms with van der Waals surface area (Å²) < 4.78 is 5.19. The number of fused-ring (bicyclic) bond motifs is 7. The lowest BCUT2D eigenvalue weighted by Gasteiger charge is -2.20. The van der Waals surface area contributed by atoms with Crippen LogP contribution in [0.4, 0.5) is 0 Å². The summed E-state index contributed by atoms with van der Waals surface area (Å²) in [5.74, 6) is 0. The number of para-hydroxylation sites is 2. The lowest BCUT2D eigenvalue weighted by atomic mass is 10.0. The second kappa shape index (κ2) is 8.63. The maximum absolute atomic E-state index is 3.76. The Morgan fingerprint density at radius 1 is 0.667 bits per heavy atom. The number of nitrogens with zero attached hydrogens (tertiary/aromatic N) is 1. The highest BCUT2D eigenvalue weighted by Gasteiger charge is 2.20. The third-order valence-corrected chi connectivity index (χ3v) is 8.47. The Labute approximate surface area is 214 Å². The molecule has 174 valence electrons. The highest BCUT2D eigenvalue weighted by atomic mass is 32.1. The van der Waals surface area contributed by atoms with E-state index in [9.17, 15) is 0 Å². The van der Waals surface area contributed by atoms with Gasteiger partial charge in [0.05, 0.1) is 21.4 Å². The van der Waals surface area contributed by atoms with E-state index in [2.05, 4.69) is 132 Å². The highest BCUT2D eigenvalue weighted by Crippen LogP contribution is 2.43. The van der Waals surface area contributed by atoms with Gasteiger partial charge in [0.25, 0.3) is 0 Å². The number of rotatable bonds is 5. The van der Waals surface area contributed by atoms with Crippen LogP contribution in [0.5, 0.6) is 0 Å². The van der Waals surface area contributed by atoms with Gasteiger partial charge in [0, 0.05) is 38.8 Å². The van der Waals surface area contributed by atoms with Crippen LogP contribution in [0.2, 0.25) is 0 Å². The monoisotopic (exact) mass is 482 g/mol. The fourth-order valence-corrected chi connectivity index (χ4v) is 6.76. The summed E-state index contributed by atoms with van der Waals surface area (Å²) in [5, 5.41) is 9.04. The van der Waals surface area contributed by atoms with Crippen LogP contribution in [0.3, 0.4) is 0 Å². The van der Waals surface area contributed by atoms with Gasteiger partial charge in [-0.1, -0.05) is 97.1 Å².